The van der Waals surface area contributed by atoms with Crippen LogP contribution in [0.4, 0.5) is 0 Å². The number of carbonyl (C=O) groups excluding carboxylic acids is 2. The van der Waals surface area contributed by atoms with Gasteiger partial charge in [-0.2, -0.15) is 0 Å². The number of hydrogen-bond donors (Lipinski definition) is 0. The molecule has 2 aromatic rings. The minimum absolute atomic E-state index is 0.0251. The summed E-state index contributed by atoms with van der Waals surface area (Å²) in [6.07, 6.45) is 3.75. The fourth-order valence-corrected chi connectivity index (χ4v) is 2.61. The number of rotatable bonds is 9. The summed E-state index contributed by atoms with van der Waals surface area (Å²) < 4.78 is 16.5. The Morgan fingerprint density at radius 2 is 1.78 bits per heavy atom. The number of ether oxygens (including phenoxy) is 3. The molecule has 142 valence electrons. The molecule has 0 aliphatic rings. The number of esters is 1. The van der Waals surface area contributed by atoms with E-state index in [2.05, 4.69) is 15.9 Å². The Labute approximate surface area is 167 Å². The van der Waals surface area contributed by atoms with Gasteiger partial charge in [0.25, 0.3) is 0 Å². The first-order chi connectivity index (χ1) is 13.0. The van der Waals surface area contributed by atoms with Gasteiger partial charge in [-0.25, -0.2) is 4.79 Å². The molecule has 27 heavy (non-hydrogen) atoms. The van der Waals surface area contributed by atoms with Crippen molar-refractivity contribution in [2.24, 2.45) is 0 Å². The highest BCUT2D eigenvalue weighted by molar-refractivity contribution is 9.10. The minimum Gasteiger partial charge on any atom is -0.497 e. The summed E-state index contributed by atoms with van der Waals surface area (Å²) in [4.78, 5) is 23.9. The van der Waals surface area contributed by atoms with Crippen molar-refractivity contribution in [2.75, 3.05) is 20.8 Å². The number of benzene rings is 2. The van der Waals surface area contributed by atoms with Crippen molar-refractivity contribution in [3.05, 3.63) is 64.1 Å². The van der Waals surface area contributed by atoms with Crippen molar-refractivity contribution in [3.8, 4) is 11.5 Å². The first-order valence-corrected chi connectivity index (χ1v) is 9.18. The second kappa shape index (κ2) is 10.5. The number of methoxy groups -OCH3 is 2. The smallest absolute Gasteiger partial charge is 0.330 e. The molecule has 0 aliphatic carbocycles. The van der Waals surface area contributed by atoms with Gasteiger partial charge in [-0.15, -0.1) is 0 Å². The first kappa shape index (κ1) is 20.7. The number of halogens is 1. The van der Waals surface area contributed by atoms with Crippen LogP contribution in [-0.4, -0.2) is 32.6 Å². The van der Waals surface area contributed by atoms with E-state index in [0.29, 0.717) is 29.9 Å². The van der Waals surface area contributed by atoms with Crippen LogP contribution in [0.25, 0.3) is 6.08 Å². The van der Waals surface area contributed by atoms with E-state index >= 15 is 0 Å². The van der Waals surface area contributed by atoms with Crippen LogP contribution in [0.5, 0.6) is 11.5 Å². The lowest BCUT2D eigenvalue weighted by atomic mass is 10.1. The van der Waals surface area contributed by atoms with E-state index in [1.165, 1.54) is 6.08 Å². The molecule has 0 amide bonds. The summed E-state index contributed by atoms with van der Waals surface area (Å²) in [6.45, 7) is 0.186. The van der Waals surface area contributed by atoms with Crippen molar-refractivity contribution < 1.29 is 23.8 Å². The van der Waals surface area contributed by atoms with Crippen LogP contribution < -0.4 is 9.47 Å². The van der Waals surface area contributed by atoms with Gasteiger partial charge in [-0.05, 0) is 36.8 Å². The van der Waals surface area contributed by atoms with E-state index in [0.717, 1.165) is 10.0 Å². The number of hydrogen-bond acceptors (Lipinski definition) is 5. The van der Waals surface area contributed by atoms with Gasteiger partial charge < -0.3 is 14.2 Å². The van der Waals surface area contributed by atoms with Crippen molar-refractivity contribution >= 4 is 33.8 Å². The zero-order valence-corrected chi connectivity index (χ0v) is 16.8. The lowest BCUT2D eigenvalue weighted by Gasteiger charge is -2.07. The average Bonchev–Trinajstić information content (AvgIpc) is 2.69. The van der Waals surface area contributed by atoms with Crippen molar-refractivity contribution in [1.82, 2.24) is 0 Å². The zero-order valence-electron chi connectivity index (χ0n) is 15.2. The summed E-state index contributed by atoms with van der Waals surface area (Å²) in [5, 5.41) is 0. The van der Waals surface area contributed by atoms with E-state index in [9.17, 15) is 9.59 Å². The van der Waals surface area contributed by atoms with Crippen molar-refractivity contribution in [1.29, 1.82) is 0 Å². The molecular formula is C21H21BrO5. The minimum atomic E-state index is -0.469. The molecule has 0 N–H and O–H groups in total. The van der Waals surface area contributed by atoms with Crippen LogP contribution in [-0.2, 0) is 9.53 Å². The standard InChI is InChI=1S/C21H21BrO5/c1-25-18-11-7-16(20(14-18)26-2)8-12-21(24)27-13-3-4-19(23)15-5-9-17(22)10-6-15/h5-12,14H,3-4,13H2,1-2H3. The maximum Gasteiger partial charge on any atom is 0.330 e. The number of ketones is 1. The average molecular weight is 433 g/mol. The highest BCUT2D eigenvalue weighted by Gasteiger charge is 2.07. The van der Waals surface area contributed by atoms with Crippen molar-refractivity contribution in [2.45, 2.75) is 12.8 Å². The summed E-state index contributed by atoms with van der Waals surface area (Å²) in [7, 11) is 3.12. The van der Waals surface area contributed by atoms with Crippen LogP contribution in [0, 0.1) is 0 Å². The van der Waals surface area contributed by atoms with E-state index in [1.54, 1.807) is 50.6 Å². The van der Waals surface area contributed by atoms with Crippen LogP contribution >= 0.6 is 15.9 Å². The van der Waals surface area contributed by atoms with Crippen LogP contribution in [0.15, 0.2) is 53.0 Å². The Morgan fingerprint density at radius 3 is 2.44 bits per heavy atom. The maximum atomic E-state index is 12.0. The van der Waals surface area contributed by atoms with Gasteiger partial charge in [0.1, 0.15) is 11.5 Å². The molecule has 0 atom stereocenters. The van der Waals surface area contributed by atoms with Gasteiger partial charge in [0.05, 0.1) is 20.8 Å². The Kier molecular flexibility index (Phi) is 8.07. The molecule has 0 aromatic heterocycles. The van der Waals surface area contributed by atoms with Gasteiger partial charge in [0.15, 0.2) is 5.78 Å². The predicted octanol–water partition coefficient (Wildman–Crippen LogP) is 4.69. The summed E-state index contributed by atoms with van der Waals surface area (Å²) in [5.74, 6) is 0.821. The largest absolute Gasteiger partial charge is 0.497 e. The van der Waals surface area contributed by atoms with E-state index in [-0.39, 0.29) is 12.4 Å². The highest BCUT2D eigenvalue weighted by Crippen LogP contribution is 2.25. The molecule has 0 saturated heterocycles. The lowest BCUT2D eigenvalue weighted by Crippen LogP contribution is -2.05. The van der Waals surface area contributed by atoms with Gasteiger partial charge in [-0.1, -0.05) is 28.1 Å². The van der Waals surface area contributed by atoms with Crippen LogP contribution in [0.1, 0.15) is 28.8 Å². The summed E-state index contributed by atoms with van der Waals surface area (Å²) >= 11 is 3.33. The molecule has 6 heteroatoms. The van der Waals surface area contributed by atoms with Crippen LogP contribution in [0.2, 0.25) is 0 Å². The van der Waals surface area contributed by atoms with Gasteiger partial charge in [0, 0.05) is 34.2 Å². The molecule has 2 rings (SSSR count). The fraction of sp³-hybridized carbons (Fsp3) is 0.238. The highest BCUT2D eigenvalue weighted by atomic mass is 79.9. The Balaban J connectivity index is 1.78. The van der Waals surface area contributed by atoms with Crippen molar-refractivity contribution in [3.63, 3.8) is 0 Å². The second-order valence-corrected chi connectivity index (χ2v) is 6.56. The molecule has 0 fully saturated rings. The Morgan fingerprint density at radius 1 is 1.04 bits per heavy atom. The molecule has 0 spiro atoms. The molecule has 0 radical (unpaired) electrons. The van der Waals surface area contributed by atoms with Gasteiger partial charge in [0.2, 0.25) is 0 Å². The zero-order chi connectivity index (χ0) is 19.6. The third-order valence-corrected chi connectivity index (χ3v) is 4.33. The molecule has 0 saturated carbocycles. The third kappa shape index (κ3) is 6.57. The lowest BCUT2D eigenvalue weighted by molar-refractivity contribution is -0.137. The molecule has 0 heterocycles. The second-order valence-electron chi connectivity index (χ2n) is 5.64. The summed E-state index contributed by atoms with van der Waals surface area (Å²) in [6, 6.07) is 12.5. The molecule has 0 unspecified atom stereocenters. The number of Topliss-reactive ketones (excluding diaryl/α,β-unsaturated/α-hetero) is 1. The molecule has 0 aliphatic heterocycles. The number of carbonyl (C=O) groups is 2. The molecule has 5 nitrogen and oxygen atoms in total. The van der Waals surface area contributed by atoms with E-state index < -0.39 is 5.97 Å². The molecule has 2 aromatic carbocycles. The normalized spacial score (nSPS) is 10.6. The third-order valence-electron chi connectivity index (χ3n) is 3.80. The van der Waals surface area contributed by atoms with E-state index in [1.807, 2.05) is 12.1 Å². The monoisotopic (exact) mass is 432 g/mol. The quantitative estimate of drug-likeness (QED) is 0.249. The van der Waals surface area contributed by atoms with Gasteiger partial charge in [-0.3, -0.25) is 4.79 Å². The van der Waals surface area contributed by atoms with Crippen LogP contribution in [0.3, 0.4) is 0 Å². The first-order valence-electron chi connectivity index (χ1n) is 8.39. The SMILES string of the molecule is COc1ccc(C=CC(=O)OCCCC(=O)c2ccc(Br)cc2)c(OC)c1. The maximum absolute atomic E-state index is 12.0. The fourth-order valence-electron chi connectivity index (χ4n) is 2.35. The Bertz CT molecular complexity index is 812. The van der Waals surface area contributed by atoms with E-state index in [4.69, 9.17) is 14.2 Å². The van der Waals surface area contributed by atoms with Gasteiger partial charge >= 0.3 is 5.97 Å². The Hall–Kier alpha value is -2.60. The summed E-state index contributed by atoms with van der Waals surface area (Å²) in [5.41, 5.74) is 1.39. The molecular weight excluding hydrogens is 412 g/mol. The molecule has 0 bridgehead atoms. The topological polar surface area (TPSA) is 61.8 Å². The predicted molar refractivity (Wildman–Crippen MR) is 107 cm³/mol.